The van der Waals surface area contributed by atoms with Gasteiger partial charge in [0, 0.05) is 21.8 Å². The second kappa shape index (κ2) is 5.19. The third kappa shape index (κ3) is 2.38. The molecule has 0 aromatic heterocycles. The lowest BCUT2D eigenvalue weighted by molar-refractivity contribution is -0.133. The first-order valence-corrected chi connectivity index (χ1v) is 6.90. The van der Waals surface area contributed by atoms with Crippen molar-refractivity contribution in [2.24, 2.45) is 0 Å². The number of ketones is 1. The van der Waals surface area contributed by atoms with Gasteiger partial charge in [0.1, 0.15) is 5.82 Å². The zero-order chi connectivity index (χ0) is 15.9. The van der Waals surface area contributed by atoms with Gasteiger partial charge in [-0.2, -0.15) is 0 Å². The van der Waals surface area contributed by atoms with Crippen LogP contribution in [-0.4, -0.2) is 16.8 Å². The molecule has 2 aromatic carbocycles. The van der Waals surface area contributed by atoms with Crippen LogP contribution in [0.5, 0.6) is 0 Å². The fraction of sp³-hybridized carbons (Fsp3) is 0.125. The number of aliphatic hydroxyl groups is 1. The van der Waals surface area contributed by atoms with Gasteiger partial charge in [0.05, 0.1) is 6.42 Å². The Balaban J connectivity index is 1.94. The molecule has 1 heterocycles. The number of fused-ring (bicyclic) bond motifs is 1. The minimum atomic E-state index is -2.08. The maximum atomic E-state index is 13.4. The highest BCUT2D eigenvalue weighted by Crippen LogP contribution is 2.39. The first kappa shape index (κ1) is 14.7. The van der Waals surface area contributed by atoms with Crippen LogP contribution in [0.15, 0.2) is 42.5 Å². The zero-order valence-electron chi connectivity index (χ0n) is 11.3. The molecule has 0 bridgehead atoms. The molecule has 1 aliphatic heterocycles. The fourth-order valence-electron chi connectivity index (χ4n) is 2.46. The number of amides is 1. The number of anilines is 1. The number of benzene rings is 2. The highest BCUT2D eigenvalue weighted by molar-refractivity contribution is 6.30. The summed E-state index contributed by atoms with van der Waals surface area (Å²) in [4.78, 5) is 24.3. The van der Waals surface area contributed by atoms with Gasteiger partial charge in [-0.15, -0.1) is 0 Å². The van der Waals surface area contributed by atoms with Crippen molar-refractivity contribution < 1.29 is 19.1 Å². The molecule has 0 saturated heterocycles. The molecule has 0 spiro atoms. The first-order valence-electron chi connectivity index (χ1n) is 6.53. The van der Waals surface area contributed by atoms with Crippen molar-refractivity contribution in [3.05, 3.63) is 64.4 Å². The highest BCUT2D eigenvalue weighted by Gasteiger charge is 2.47. The van der Waals surface area contributed by atoms with Gasteiger partial charge in [-0.05, 0) is 42.5 Å². The Labute approximate surface area is 130 Å². The molecule has 22 heavy (non-hydrogen) atoms. The van der Waals surface area contributed by atoms with E-state index >= 15 is 0 Å². The third-order valence-electron chi connectivity index (χ3n) is 3.63. The molecule has 112 valence electrons. The average molecular weight is 320 g/mol. The first-order chi connectivity index (χ1) is 10.4. The quantitative estimate of drug-likeness (QED) is 0.855. The van der Waals surface area contributed by atoms with Crippen molar-refractivity contribution in [1.29, 1.82) is 0 Å². The van der Waals surface area contributed by atoms with E-state index in [4.69, 9.17) is 11.6 Å². The molecule has 0 aliphatic carbocycles. The van der Waals surface area contributed by atoms with Crippen LogP contribution in [0, 0.1) is 5.82 Å². The largest absolute Gasteiger partial charge is 0.375 e. The smallest absolute Gasteiger partial charge is 0.261 e. The average Bonchev–Trinajstić information content (AvgIpc) is 2.71. The molecule has 1 amide bonds. The lowest BCUT2D eigenvalue weighted by Gasteiger charge is -2.20. The number of hydrogen-bond acceptors (Lipinski definition) is 3. The molecule has 0 saturated carbocycles. The molecule has 1 aliphatic rings. The summed E-state index contributed by atoms with van der Waals surface area (Å²) in [6, 6.07) is 9.69. The maximum absolute atomic E-state index is 13.4. The molecule has 2 N–H and O–H groups in total. The van der Waals surface area contributed by atoms with E-state index in [9.17, 15) is 19.1 Å². The van der Waals surface area contributed by atoms with Gasteiger partial charge in [-0.3, -0.25) is 9.59 Å². The van der Waals surface area contributed by atoms with Gasteiger partial charge in [0.15, 0.2) is 11.4 Å². The van der Waals surface area contributed by atoms with E-state index in [1.165, 1.54) is 24.3 Å². The normalized spacial score (nSPS) is 19.7. The molecule has 3 rings (SSSR count). The Hall–Kier alpha value is -2.24. The monoisotopic (exact) mass is 319 g/mol. The molecule has 1 unspecified atom stereocenters. The van der Waals surface area contributed by atoms with Crippen molar-refractivity contribution in [1.82, 2.24) is 0 Å². The molecule has 0 radical (unpaired) electrons. The summed E-state index contributed by atoms with van der Waals surface area (Å²) in [6.07, 6.45) is -0.475. The molecular formula is C16H11ClFNO3. The van der Waals surface area contributed by atoms with Crippen LogP contribution >= 0.6 is 11.6 Å². The number of Topliss-reactive ketones (excluding diaryl/α,β-unsaturated/α-hetero) is 1. The van der Waals surface area contributed by atoms with E-state index in [0.29, 0.717) is 16.3 Å². The number of halogens is 2. The molecule has 4 nitrogen and oxygen atoms in total. The van der Waals surface area contributed by atoms with Gasteiger partial charge in [-0.25, -0.2) is 4.39 Å². The van der Waals surface area contributed by atoms with Crippen LogP contribution in [0.4, 0.5) is 10.1 Å². The predicted molar refractivity (Wildman–Crippen MR) is 79.3 cm³/mol. The Morgan fingerprint density at radius 3 is 2.59 bits per heavy atom. The number of carbonyl (C=O) groups excluding carboxylic acids is 2. The van der Waals surface area contributed by atoms with E-state index in [2.05, 4.69) is 5.32 Å². The van der Waals surface area contributed by atoms with Crippen LogP contribution in [0.3, 0.4) is 0 Å². The van der Waals surface area contributed by atoms with E-state index in [0.717, 1.165) is 6.07 Å². The van der Waals surface area contributed by atoms with Crippen LogP contribution in [0.2, 0.25) is 5.02 Å². The molecular weight excluding hydrogens is 309 g/mol. The van der Waals surface area contributed by atoms with Crippen LogP contribution in [-0.2, 0) is 10.4 Å². The summed E-state index contributed by atoms with van der Waals surface area (Å²) in [7, 11) is 0. The second-order valence-corrected chi connectivity index (χ2v) is 5.55. The van der Waals surface area contributed by atoms with Crippen LogP contribution in [0.25, 0.3) is 0 Å². The molecule has 0 fully saturated rings. The van der Waals surface area contributed by atoms with Gasteiger partial charge < -0.3 is 10.4 Å². The summed E-state index contributed by atoms with van der Waals surface area (Å²) >= 11 is 5.76. The summed E-state index contributed by atoms with van der Waals surface area (Å²) < 4.78 is 13.4. The zero-order valence-corrected chi connectivity index (χ0v) is 12.0. The standard InChI is InChI=1S/C16H11ClFNO3/c17-10-3-1-9(2-4-10)14(20)8-16(22)12-7-11(18)5-6-13(12)19-15(16)21/h1-7,22H,8H2,(H,19,21). The Kier molecular flexibility index (Phi) is 3.47. The van der Waals surface area contributed by atoms with Crippen LogP contribution < -0.4 is 5.32 Å². The summed E-state index contributed by atoms with van der Waals surface area (Å²) in [5, 5.41) is 13.5. The summed E-state index contributed by atoms with van der Waals surface area (Å²) in [5.41, 5.74) is -1.39. The SMILES string of the molecule is O=C(CC1(O)C(=O)Nc2ccc(F)cc21)c1ccc(Cl)cc1. The Morgan fingerprint density at radius 2 is 1.91 bits per heavy atom. The third-order valence-corrected chi connectivity index (χ3v) is 3.89. The second-order valence-electron chi connectivity index (χ2n) is 5.11. The van der Waals surface area contributed by atoms with Gasteiger partial charge in [0.25, 0.3) is 5.91 Å². The van der Waals surface area contributed by atoms with Gasteiger partial charge in [0.2, 0.25) is 0 Å². The van der Waals surface area contributed by atoms with Crippen molar-refractivity contribution in [3.63, 3.8) is 0 Å². The Bertz CT molecular complexity index is 775. The predicted octanol–water partition coefficient (Wildman–Crippen LogP) is 2.89. The minimum absolute atomic E-state index is 0.0693. The highest BCUT2D eigenvalue weighted by atomic mass is 35.5. The van der Waals surface area contributed by atoms with Crippen molar-refractivity contribution in [3.8, 4) is 0 Å². The minimum Gasteiger partial charge on any atom is -0.375 e. The Morgan fingerprint density at radius 1 is 1.23 bits per heavy atom. The van der Waals surface area contributed by atoms with E-state index < -0.39 is 29.5 Å². The van der Waals surface area contributed by atoms with E-state index in [1.54, 1.807) is 12.1 Å². The van der Waals surface area contributed by atoms with Gasteiger partial charge in [-0.1, -0.05) is 11.6 Å². The summed E-state index contributed by atoms with van der Waals surface area (Å²) in [6.45, 7) is 0. The topological polar surface area (TPSA) is 66.4 Å². The number of carbonyl (C=O) groups is 2. The fourth-order valence-corrected chi connectivity index (χ4v) is 2.59. The van der Waals surface area contributed by atoms with E-state index in [1.807, 2.05) is 0 Å². The molecule has 1 atom stereocenters. The number of rotatable bonds is 3. The summed E-state index contributed by atoms with van der Waals surface area (Å²) in [5.74, 6) is -1.77. The van der Waals surface area contributed by atoms with Crippen LogP contribution in [0.1, 0.15) is 22.3 Å². The lowest BCUT2D eigenvalue weighted by atomic mass is 9.88. The van der Waals surface area contributed by atoms with Crippen molar-refractivity contribution in [2.75, 3.05) is 5.32 Å². The van der Waals surface area contributed by atoms with Gasteiger partial charge >= 0.3 is 0 Å². The van der Waals surface area contributed by atoms with Crippen molar-refractivity contribution in [2.45, 2.75) is 12.0 Å². The molecule has 2 aromatic rings. The number of nitrogens with one attached hydrogen (secondary N) is 1. The van der Waals surface area contributed by atoms with Crippen molar-refractivity contribution >= 4 is 29.0 Å². The van der Waals surface area contributed by atoms with E-state index in [-0.39, 0.29) is 5.56 Å². The maximum Gasteiger partial charge on any atom is 0.261 e. The number of hydrogen-bond donors (Lipinski definition) is 2. The molecule has 6 heteroatoms. The lowest BCUT2D eigenvalue weighted by Crippen LogP contribution is -2.36.